The first-order chi connectivity index (χ1) is 11.2. The van der Waals surface area contributed by atoms with E-state index in [0.717, 1.165) is 6.42 Å². The molecule has 1 aromatic carbocycles. The van der Waals surface area contributed by atoms with Gasteiger partial charge in [-0.3, -0.25) is 0 Å². The van der Waals surface area contributed by atoms with E-state index in [1.54, 1.807) is 24.3 Å². The minimum atomic E-state index is -3.10. The molecule has 1 aliphatic rings. The standard InChI is InChI=1S/C17H26N2O4S/c1-13(2)9-16-11-23-8-7-19(16)17(20)18-15-6-4-5-14(10-15)12-24(3,21)22/h4-6,10,13,16H,7-9,11-12H2,1-3H3,(H,18,20). The summed E-state index contributed by atoms with van der Waals surface area (Å²) in [5, 5.41) is 2.88. The van der Waals surface area contributed by atoms with Crippen molar-refractivity contribution in [3.05, 3.63) is 29.8 Å². The molecule has 1 atom stereocenters. The number of carbonyl (C=O) groups excluding carboxylic acids is 1. The zero-order chi connectivity index (χ0) is 17.7. The molecule has 1 fully saturated rings. The first-order valence-electron chi connectivity index (χ1n) is 8.16. The highest BCUT2D eigenvalue weighted by Gasteiger charge is 2.27. The summed E-state index contributed by atoms with van der Waals surface area (Å²) in [4.78, 5) is 14.4. The molecule has 6 nitrogen and oxygen atoms in total. The van der Waals surface area contributed by atoms with Gasteiger partial charge in [0.25, 0.3) is 0 Å². The Hall–Kier alpha value is -1.60. The second-order valence-electron chi connectivity index (χ2n) is 6.75. The van der Waals surface area contributed by atoms with Gasteiger partial charge in [-0.2, -0.15) is 0 Å². The summed E-state index contributed by atoms with van der Waals surface area (Å²) >= 11 is 0. The normalized spacial score (nSPS) is 18.7. The maximum atomic E-state index is 12.6. The molecule has 0 spiro atoms. The molecule has 0 bridgehead atoms. The van der Waals surface area contributed by atoms with Gasteiger partial charge in [-0.1, -0.05) is 26.0 Å². The van der Waals surface area contributed by atoms with Crippen molar-refractivity contribution in [2.45, 2.75) is 32.1 Å². The van der Waals surface area contributed by atoms with Gasteiger partial charge in [-0.05, 0) is 30.0 Å². The highest BCUT2D eigenvalue weighted by Crippen LogP contribution is 2.18. The molecule has 1 unspecified atom stereocenters. The van der Waals surface area contributed by atoms with E-state index in [1.807, 2.05) is 4.90 Å². The summed E-state index contributed by atoms with van der Waals surface area (Å²) in [5.41, 5.74) is 1.27. The summed E-state index contributed by atoms with van der Waals surface area (Å²) in [5.74, 6) is 0.439. The van der Waals surface area contributed by atoms with Gasteiger partial charge in [-0.15, -0.1) is 0 Å². The fourth-order valence-corrected chi connectivity index (χ4v) is 3.68. The van der Waals surface area contributed by atoms with Crippen molar-refractivity contribution in [2.24, 2.45) is 5.92 Å². The van der Waals surface area contributed by atoms with E-state index in [4.69, 9.17) is 4.74 Å². The predicted molar refractivity (Wildman–Crippen MR) is 94.8 cm³/mol. The molecule has 0 aliphatic carbocycles. The van der Waals surface area contributed by atoms with Gasteiger partial charge in [0, 0.05) is 18.5 Å². The monoisotopic (exact) mass is 354 g/mol. The first kappa shape index (κ1) is 18.7. The van der Waals surface area contributed by atoms with Gasteiger partial charge in [0.1, 0.15) is 0 Å². The van der Waals surface area contributed by atoms with Crippen LogP contribution in [-0.4, -0.2) is 51.4 Å². The Balaban J connectivity index is 2.06. The minimum Gasteiger partial charge on any atom is -0.377 e. The van der Waals surface area contributed by atoms with Crippen LogP contribution in [0, 0.1) is 5.92 Å². The van der Waals surface area contributed by atoms with Gasteiger partial charge in [-0.25, -0.2) is 13.2 Å². The predicted octanol–water partition coefficient (Wildman–Crippen LogP) is 2.51. The number of sulfone groups is 1. The number of urea groups is 1. The SMILES string of the molecule is CC(C)CC1COCCN1C(=O)Nc1cccc(CS(C)(=O)=O)c1. The summed E-state index contributed by atoms with van der Waals surface area (Å²) in [7, 11) is -3.10. The number of carbonyl (C=O) groups is 1. The molecular formula is C17H26N2O4S. The first-order valence-corrected chi connectivity index (χ1v) is 10.2. The number of nitrogens with one attached hydrogen (secondary N) is 1. The quantitative estimate of drug-likeness (QED) is 0.881. The molecule has 2 amide bonds. The zero-order valence-electron chi connectivity index (χ0n) is 14.5. The molecule has 1 aliphatic heterocycles. The number of benzene rings is 1. The molecule has 134 valence electrons. The van der Waals surface area contributed by atoms with E-state index in [1.165, 1.54) is 6.26 Å². The van der Waals surface area contributed by atoms with Crippen molar-refractivity contribution >= 4 is 21.6 Å². The molecule has 0 radical (unpaired) electrons. The molecule has 7 heteroatoms. The van der Waals surface area contributed by atoms with Gasteiger partial charge < -0.3 is 15.0 Å². The molecular weight excluding hydrogens is 328 g/mol. The topological polar surface area (TPSA) is 75.7 Å². The molecule has 0 aromatic heterocycles. The van der Waals surface area contributed by atoms with Gasteiger partial charge in [0.15, 0.2) is 9.84 Å². The molecule has 2 rings (SSSR count). The van der Waals surface area contributed by atoms with Gasteiger partial charge >= 0.3 is 6.03 Å². The lowest BCUT2D eigenvalue weighted by molar-refractivity contribution is 0.00857. The van der Waals surface area contributed by atoms with E-state index in [2.05, 4.69) is 19.2 Å². The number of hydrogen-bond donors (Lipinski definition) is 1. The lowest BCUT2D eigenvalue weighted by Crippen LogP contribution is -2.50. The van der Waals surface area contributed by atoms with E-state index in [0.29, 0.717) is 36.9 Å². The van der Waals surface area contributed by atoms with Crippen LogP contribution in [0.25, 0.3) is 0 Å². The average Bonchev–Trinajstić information content (AvgIpc) is 2.45. The Bertz CT molecular complexity index is 673. The van der Waals surface area contributed by atoms with Crippen molar-refractivity contribution in [1.82, 2.24) is 4.90 Å². The Kier molecular flexibility index (Phi) is 6.23. The number of rotatable bonds is 5. The van der Waals surface area contributed by atoms with Crippen LogP contribution < -0.4 is 5.32 Å². The number of ether oxygens (including phenoxy) is 1. The molecule has 1 saturated heterocycles. The van der Waals surface area contributed by atoms with Gasteiger partial charge in [0.05, 0.1) is 25.0 Å². The van der Waals surface area contributed by atoms with E-state index < -0.39 is 9.84 Å². The van der Waals surface area contributed by atoms with Crippen molar-refractivity contribution in [3.63, 3.8) is 0 Å². The summed E-state index contributed by atoms with van der Waals surface area (Å²) < 4.78 is 28.3. The molecule has 0 saturated carbocycles. The zero-order valence-corrected chi connectivity index (χ0v) is 15.3. The highest BCUT2D eigenvalue weighted by molar-refractivity contribution is 7.89. The smallest absolute Gasteiger partial charge is 0.322 e. The van der Waals surface area contributed by atoms with Crippen LogP contribution in [0.4, 0.5) is 10.5 Å². The third-order valence-electron chi connectivity index (χ3n) is 3.84. The lowest BCUT2D eigenvalue weighted by Gasteiger charge is -2.36. The van der Waals surface area contributed by atoms with Crippen molar-refractivity contribution < 1.29 is 17.9 Å². The number of morpholine rings is 1. The number of amides is 2. The van der Waals surface area contributed by atoms with E-state index in [9.17, 15) is 13.2 Å². The number of nitrogens with zero attached hydrogens (tertiary/aromatic N) is 1. The summed E-state index contributed by atoms with van der Waals surface area (Å²) in [6.07, 6.45) is 2.09. The molecule has 1 aromatic rings. The molecule has 24 heavy (non-hydrogen) atoms. The summed E-state index contributed by atoms with van der Waals surface area (Å²) in [6, 6.07) is 6.87. The molecule has 1 heterocycles. The Morgan fingerprint density at radius 1 is 1.42 bits per heavy atom. The minimum absolute atomic E-state index is 0.0375. The van der Waals surface area contributed by atoms with Crippen LogP contribution in [-0.2, 0) is 20.3 Å². The van der Waals surface area contributed by atoms with Crippen molar-refractivity contribution in [1.29, 1.82) is 0 Å². The van der Waals surface area contributed by atoms with Crippen molar-refractivity contribution in [2.75, 3.05) is 31.3 Å². The average molecular weight is 354 g/mol. The maximum Gasteiger partial charge on any atom is 0.322 e. The second-order valence-corrected chi connectivity index (χ2v) is 8.89. The fraction of sp³-hybridized carbons (Fsp3) is 0.588. The molecule has 1 N–H and O–H groups in total. The largest absolute Gasteiger partial charge is 0.377 e. The number of anilines is 1. The lowest BCUT2D eigenvalue weighted by atomic mass is 10.0. The van der Waals surface area contributed by atoms with Crippen LogP contribution in [0.5, 0.6) is 0 Å². The third kappa shape index (κ3) is 5.79. The van der Waals surface area contributed by atoms with Crippen LogP contribution in [0.2, 0.25) is 0 Å². The van der Waals surface area contributed by atoms with Crippen LogP contribution in [0.1, 0.15) is 25.8 Å². The third-order valence-corrected chi connectivity index (χ3v) is 4.70. The van der Waals surface area contributed by atoms with Crippen LogP contribution in [0.15, 0.2) is 24.3 Å². The number of hydrogen-bond acceptors (Lipinski definition) is 4. The summed E-state index contributed by atoms with van der Waals surface area (Å²) in [6.45, 7) is 5.90. The van der Waals surface area contributed by atoms with Crippen molar-refractivity contribution in [3.8, 4) is 0 Å². The second kappa shape index (κ2) is 7.98. The highest BCUT2D eigenvalue weighted by atomic mass is 32.2. The van der Waals surface area contributed by atoms with Gasteiger partial charge in [0.2, 0.25) is 0 Å². The Morgan fingerprint density at radius 3 is 2.83 bits per heavy atom. The Morgan fingerprint density at radius 2 is 2.17 bits per heavy atom. The van der Waals surface area contributed by atoms with E-state index >= 15 is 0 Å². The van der Waals surface area contributed by atoms with E-state index in [-0.39, 0.29) is 17.8 Å². The fourth-order valence-electron chi connectivity index (χ4n) is 2.90. The maximum absolute atomic E-state index is 12.6. The van der Waals surface area contributed by atoms with Crippen LogP contribution >= 0.6 is 0 Å². The Labute approximate surface area is 144 Å². The van der Waals surface area contributed by atoms with Crippen LogP contribution in [0.3, 0.4) is 0 Å².